The molecule has 7 aromatic rings. The molecule has 7 aromatic carbocycles. The SMILES string of the molecule is CC(C)c1cccc(C(C)C)c1N1C=CN(c2c(C(C)C)cccc2C(C)C)C1.CC(C)c1cccc(C(C)C)c1N1C=CN(c2c(C(C)C)cccc2C(C)C)[CH-]1.[Br][Ni+][Br].c1ccc([PH+](c2ccccc2)c2ccccc2)cc1. The molecular formula is C72H91Br2N4NiP+. The number of anilines is 4. The zero-order chi connectivity index (χ0) is 58.2. The molecule has 0 unspecified atom stereocenters. The monoisotopic (exact) mass is 1260 g/mol. The van der Waals surface area contributed by atoms with Crippen LogP contribution >= 0.6 is 36.4 Å². The van der Waals surface area contributed by atoms with E-state index in [-0.39, 0.29) is 0 Å². The fourth-order valence-corrected chi connectivity index (χ4v) is 13.5. The average Bonchev–Trinajstić information content (AvgIpc) is 4.15. The van der Waals surface area contributed by atoms with Crippen molar-refractivity contribution in [2.24, 2.45) is 0 Å². The van der Waals surface area contributed by atoms with E-state index in [2.05, 4.69) is 354 Å². The number of benzene rings is 7. The summed E-state index contributed by atoms with van der Waals surface area (Å²) >= 11 is 6.00. The first-order valence-electron chi connectivity index (χ1n) is 29.0. The van der Waals surface area contributed by atoms with Gasteiger partial charge in [0.15, 0.2) is 0 Å². The molecule has 0 bridgehead atoms. The molecule has 4 nitrogen and oxygen atoms in total. The van der Waals surface area contributed by atoms with E-state index in [1.165, 1.54) is 94.1 Å². The van der Waals surface area contributed by atoms with Gasteiger partial charge in [0.2, 0.25) is 0 Å². The van der Waals surface area contributed by atoms with Gasteiger partial charge in [-0.3, -0.25) is 0 Å². The molecule has 427 valence electrons. The Bertz CT molecular complexity index is 2570. The third-order valence-corrected chi connectivity index (χ3v) is 17.7. The second-order valence-corrected chi connectivity index (χ2v) is 31.0. The van der Waals surface area contributed by atoms with Crippen LogP contribution in [-0.4, -0.2) is 6.67 Å². The zero-order valence-electron chi connectivity index (χ0n) is 50.7. The van der Waals surface area contributed by atoms with E-state index in [1.54, 1.807) is 0 Å². The molecule has 80 heavy (non-hydrogen) atoms. The first-order valence-corrected chi connectivity index (χ1v) is 35.4. The number of rotatable bonds is 15. The average molecular weight is 1260 g/mol. The summed E-state index contributed by atoms with van der Waals surface area (Å²) in [5.41, 5.74) is 16.8. The van der Waals surface area contributed by atoms with Crippen molar-refractivity contribution in [1.29, 1.82) is 0 Å². The fourth-order valence-electron chi connectivity index (χ4n) is 11.0. The van der Waals surface area contributed by atoms with Gasteiger partial charge >= 0.3 is 39.3 Å². The first kappa shape index (κ1) is 64.3. The van der Waals surface area contributed by atoms with Crippen LogP contribution in [0.3, 0.4) is 0 Å². The Morgan fingerprint density at radius 1 is 0.312 bits per heavy atom. The van der Waals surface area contributed by atoms with Crippen LogP contribution in [-0.2, 0) is 10.9 Å². The van der Waals surface area contributed by atoms with Crippen molar-refractivity contribution in [3.63, 3.8) is 0 Å². The van der Waals surface area contributed by atoms with Crippen molar-refractivity contribution in [1.82, 2.24) is 0 Å². The summed E-state index contributed by atoms with van der Waals surface area (Å²) < 4.78 is 0. The molecule has 0 aliphatic carbocycles. The van der Waals surface area contributed by atoms with Crippen molar-refractivity contribution >= 4 is 75.0 Å². The van der Waals surface area contributed by atoms with Gasteiger partial charge in [-0.25, -0.2) is 0 Å². The number of nitrogens with zero attached hydrogens (tertiary/aromatic N) is 4. The minimum atomic E-state index is -0.877. The number of hydrogen-bond acceptors (Lipinski definition) is 4. The molecule has 2 aliphatic heterocycles. The van der Waals surface area contributed by atoms with Crippen LogP contribution in [0.15, 0.2) is 189 Å². The summed E-state index contributed by atoms with van der Waals surface area (Å²) in [5.74, 6) is 3.92. The summed E-state index contributed by atoms with van der Waals surface area (Å²) in [6, 6.07) is 59.6. The van der Waals surface area contributed by atoms with Crippen LogP contribution in [0.1, 0.15) is 203 Å². The van der Waals surface area contributed by atoms with Gasteiger partial charge in [-0.2, -0.15) is 0 Å². The Labute approximate surface area is 506 Å². The predicted molar refractivity (Wildman–Crippen MR) is 360 cm³/mol. The largest absolute Gasteiger partial charge is 0.102 e. The number of halogens is 2. The molecule has 2 heterocycles. The molecule has 0 N–H and O–H groups in total. The third-order valence-electron chi connectivity index (χ3n) is 15.0. The minimum absolute atomic E-state index is 0.480. The maximum absolute atomic E-state index is 3.00. The van der Waals surface area contributed by atoms with Crippen molar-refractivity contribution in [3.8, 4) is 0 Å². The fraction of sp³-hybridized carbons (Fsp3) is 0.347. The van der Waals surface area contributed by atoms with Crippen molar-refractivity contribution in [2.75, 3.05) is 26.3 Å². The quantitative estimate of drug-likeness (QED) is 0.0576. The van der Waals surface area contributed by atoms with Crippen LogP contribution in [0, 0.1) is 6.67 Å². The van der Waals surface area contributed by atoms with Gasteiger partial charge in [0, 0.05) is 35.1 Å². The smallest absolute Gasteiger partial charge is 0.0620 e. The van der Waals surface area contributed by atoms with E-state index < -0.39 is 7.92 Å². The molecule has 0 atom stereocenters. The first-order chi connectivity index (χ1) is 38.3. The minimum Gasteiger partial charge on any atom is -0.0620 e. The molecular weight excluding hydrogens is 1170 g/mol. The summed E-state index contributed by atoms with van der Waals surface area (Å²) in [6.45, 7) is 39.8. The standard InChI is InChI=1S/C27H38N2.C27H37N2.C18H15P.2BrH.Ni/c2*1-18(2)22-11-9-12-23(19(3)4)26(22)28-15-16-29(17-28)27-24(20(5)6)13-10-14-25(27)21(7)8;1-4-10-16(11-5-1)19(17-12-6-2-7-13-17)18-14-8-3-9-15-18;;;/h9-16,18-21H,17H2,1-8H3;9-21H,1-8H3;1-15H;2*1H;/q;-1;;;;+3/p-1. The normalized spacial score (nSPS) is 13.2. The molecule has 0 spiro atoms. The molecule has 0 aromatic heterocycles. The maximum Gasteiger partial charge on any atom is 0.102 e. The Hall–Kier alpha value is -4.90. The molecule has 8 heteroatoms. The summed E-state index contributed by atoms with van der Waals surface area (Å²) in [4.78, 5) is 9.55. The van der Waals surface area contributed by atoms with E-state index in [1.807, 2.05) is 0 Å². The van der Waals surface area contributed by atoms with E-state index in [4.69, 9.17) is 0 Å². The van der Waals surface area contributed by atoms with E-state index >= 15 is 0 Å². The summed E-state index contributed by atoms with van der Waals surface area (Å²) in [6.07, 6.45) is 8.98. The van der Waals surface area contributed by atoms with Crippen molar-refractivity contribution in [3.05, 3.63) is 240 Å². The maximum atomic E-state index is 3.00. The van der Waals surface area contributed by atoms with Gasteiger partial charge in [0.1, 0.15) is 15.9 Å². The third kappa shape index (κ3) is 16.2. The molecule has 0 saturated heterocycles. The van der Waals surface area contributed by atoms with E-state index in [9.17, 15) is 0 Å². The molecule has 2 aliphatic rings. The van der Waals surface area contributed by atoms with Gasteiger partial charge in [-0.05, 0) is 141 Å². The van der Waals surface area contributed by atoms with E-state index in [0.29, 0.717) is 47.3 Å². The Kier molecular flexibility index (Phi) is 24.9. The van der Waals surface area contributed by atoms with Crippen LogP contribution in [0.25, 0.3) is 0 Å². The van der Waals surface area contributed by atoms with Crippen LogP contribution in [0.2, 0.25) is 0 Å². The second kappa shape index (κ2) is 31.0. The zero-order valence-corrected chi connectivity index (χ0v) is 55.8. The Morgan fingerprint density at radius 3 is 0.738 bits per heavy atom. The molecule has 0 radical (unpaired) electrons. The number of para-hydroxylation sites is 4. The molecule has 0 amide bonds. The Morgan fingerprint density at radius 2 is 0.525 bits per heavy atom. The molecule has 0 fully saturated rings. The molecule has 0 saturated carbocycles. The van der Waals surface area contributed by atoms with Gasteiger partial charge in [0.25, 0.3) is 0 Å². The summed E-state index contributed by atoms with van der Waals surface area (Å²) in [5, 5.41) is 4.31. The van der Waals surface area contributed by atoms with Crippen LogP contribution < -0.4 is 35.5 Å². The predicted octanol–water partition coefficient (Wildman–Crippen LogP) is 20.9. The van der Waals surface area contributed by atoms with E-state index in [0.717, 1.165) is 6.67 Å². The topological polar surface area (TPSA) is 13.0 Å². The van der Waals surface area contributed by atoms with Crippen LogP contribution in [0.5, 0.6) is 0 Å². The van der Waals surface area contributed by atoms with Gasteiger partial charge in [0.05, 0.1) is 14.6 Å². The van der Waals surface area contributed by atoms with Gasteiger partial charge in [-0.1, -0.05) is 238 Å². The Balaban J connectivity index is 0.000000193. The summed E-state index contributed by atoms with van der Waals surface area (Å²) in [7, 11) is 0.373. The van der Waals surface area contributed by atoms with Crippen LogP contribution in [0.4, 0.5) is 22.7 Å². The van der Waals surface area contributed by atoms with Crippen molar-refractivity contribution < 1.29 is 10.9 Å². The second-order valence-electron chi connectivity index (χ2n) is 23.5. The van der Waals surface area contributed by atoms with Crippen molar-refractivity contribution in [2.45, 2.75) is 158 Å². The van der Waals surface area contributed by atoms with Gasteiger partial charge < -0.3 is 19.6 Å². The molecule has 9 rings (SSSR count). The number of hydrogen-bond donors (Lipinski definition) is 0. The van der Waals surface area contributed by atoms with Gasteiger partial charge in [-0.15, -0.1) is 6.67 Å².